The van der Waals surface area contributed by atoms with Gasteiger partial charge < -0.3 is 10.3 Å². The van der Waals surface area contributed by atoms with E-state index in [2.05, 4.69) is 35.5 Å². The molecule has 0 unspecified atom stereocenters. The van der Waals surface area contributed by atoms with E-state index >= 15 is 0 Å². The number of hydrogen-bond acceptors (Lipinski definition) is 7. The molecule has 200 valence electrons. The van der Waals surface area contributed by atoms with E-state index in [1.54, 1.807) is 30.9 Å². The summed E-state index contributed by atoms with van der Waals surface area (Å²) in [6.07, 6.45) is 13.3. The monoisotopic (exact) mass is 552 g/mol. The lowest BCUT2D eigenvalue weighted by Crippen LogP contribution is -2.18. The topological polar surface area (TPSA) is 125 Å². The SMILES string of the molecule is O=C(CC1CCCCC1)Nc1cncc(-c2cnc3[nH]nc(-c4nc5c(-c6ccc(F)s6)nccc5[nH]4)c3c2)c1. The molecule has 0 atom stereocenters. The van der Waals surface area contributed by atoms with E-state index in [4.69, 9.17) is 4.98 Å². The molecule has 0 saturated heterocycles. The Balaban J connectivity index is 1.19. The van der Waals surface area contributed by atoms with Gasteiger partial charge in [0.15, 0.2) is 16.6 Å². The summed E-state index contributed by atoms with van der Waals surface area (Å²) in [5, 5.41) is 11.0. The molecular weight excluding hydrogens is 527 g/mol. The number of pyridine rings is 3. The third-order valence-corrected chi connectivity index (χ3v) is 8.28. The largest absolute Gasteiger partial charge is 0.336 e. The molecule has 1 fully saturated rings. The summed E-state index contributed by atoms with van der Waals surface area (Å²) in [7, 11) is 0. The number of amides is 1. The smallest absolute Gasteiger partial charge is 0.224 e. The van der Waals surface area contributed by atoms with Crippen LogP contribution in [0, 0.1) is 11.0 Å². The number of hydrogen-bond donors (Lipinski definition) is 3. The van der Waals surface area contributed by atoms with Gasteiger partial charge in [-0.1, -0.05) is 19.3 Å². The zero-order valence-electron chi connectivity index (χ0n) is 21.4. The second-order valence-electron chi connectivity index (χ2n) is 10.2. The zero-order valence-corrected chi connectivity index (χ0v) is 22.3. The number of fused-ring (bicyclic) bond motifs is 2. The fourth-order valence-electron chi connectivity index (χ4n) is 5.44. The fraction of sp³-hybridized carbons (Fsp3) is 0.241. The van der Waals surface area contributed by atoms with Gasteiger partial charge in [-0.15, -0.1) is 11.3 Å². The lowest BCUT2D eigenvalue weighted by Gasteiger charge is -2.20. The quantitative estimate of drug-likeness (QED) is 0.210. The lowest BCUT2D eigenvalue weighted by atomic mass is 9.87. The molecule has 6 aromatic rings. The Morgan fingerprint density at radius 1 is 1.02 bits per heavy atom. The maximum atomic E-state index is 13.7. The van der Waals surface area contributed by atoms with Crippen LogP contribution in [-0.2, 0) is 4.79 Å². The van der Waals surface area contributed by atoms with Gasteiger partial charge in [-0.2, -0.15) is 9.49 Å². The number of imidazole rings is 1. The molecule has 0 aromatic carbocycles. The summed E-state index contributed by atoms with van der Waals surface area (Å²) in [5.74, 6) is 1.04. The molecule has 1 aliphatic rings. The molecule has 0 bridgehead atoms. The number of rotatable bonds is 6. The molecular formula is C29H25FN8OS. The molecule has 0 spiro atoms. The number of carbonyl (C=O) groups excluding carboxylic acids is 1. The molecule has 1 saturated carbocycles. The van der Waals surface area contributed by atoms with Crippen molar-refractivity contribution in [3.8, 4) is 33.2 Å². The molecule has 1 aliphatic carbocycles. The summed E-state index contributed by atoms with van der Waals surface area (Å²) < 4.78 is 13.7. The van der Waals surface area contributed by atoms with Crippen molar-refractivity contribution in [2.24, 2.45) is 5.92 Å². The normalized spacial score (nSPS) is 14.2. The summed E-state index contributed by atoms with van der Waals surface area (Å²) >= 11 is 1.03. The highest BCUT2D eigenvalue weighted by atomic mass is 32.1. The van der Waals surface area contributed by atoms with Gasteiger partial charge >= 0.3 is 0 Å². The molecule has 0 radical (unpaired) electrons. The van der Waals surface area contributed by atoms with Crippen molar-refractivity contribution in [1.82, 2.24) is 35.1 Å². The highest BCUT2D eigenvalue weighted by Crippen LogP contribution is 2.34. The van der Waals surface area contributed by atoms with Crippen molar-refractivity contribution in [3.05, 3.63) is 60.3 Å². The molecule has 7 rings (SSSR count). The van der Waals surface area contributed by atoms with Crippen molar-refractivity contribution in [2.45, 2.75) is 38.5 Å². The number of anilines is 1. The van der Waals surface area contributed by atoms with Gasteiger partial charge in [0.25, 0.3) is 0 Å². The van der Waals surface area contributed by atoms with E-state index in [9.17, 15) is 9.18 Å². The Bertz CT molecular complexity index is 1850. The maximum Gasteiger partial charge on any atom is 0.224 e. The van der Waals surface area contributed by atoms with Crippen LogP contribution < -0.4 is 5.32 Å². The molecule has 9 nitrogen and oxygen atoms in total. The van der Waals surface area contributed by atoms with E-state index in [1.165, 1.54) is 25.3 Å². The van der Waals surface area contributed by atoms with Gasteiger partial charge in [0.2, 0.25) is 5.91 Å². The van der Waals surface area contributed by atoms with Crippen molar-refractivity contribution in [3.63, 3.8) is 0 Å². The first-order valence-corrected chi connectivity index (χ1v) is 14.1. The first kappa shape index (κ1) is 24.5. The average Bonchev–Trinajstić information content (AvgIpc) is 3.71. The van der Waals surface area contributed by atoms with E-state index in [1.807, 2.05) is 18.2 Å². The highest BCUT2D eigenvalue weighted by molar-refractivity contribution is 7.13. The van der Waals surface area contributed by atoms with Gasteiger partial charge in [-0.25, -0.2) is 9.97 Å². The standard InChI is InChI=1S/C29H25FN8OS/c30-23-7-6-22(40-23)27-26-21(8-9-32-27)35-29(36-26)25-20-12-18(14-33-28(20)38-37-25)17-11-19(15-31-13-17)34-24(39)10-16-4-2-1-3-5-16/h6-9,11-16H,1-5,10H2,(H,34,39)(H,35,36)(H,33,37,38). The number of halogens is 1. The number of H-pyrrole nitrogens is 2. The third-order valence-electron chi connectivity index (χ3n) is 7.40. The van der Waals surface area contributed by atoms with Crippen LogP contribution in [0.1, 0.15) is 38.5 Å². The molecule has 11 heteroatoms. The van der Waals surface area contributed by atoms with Gasteiger partial charge in [-0.3, -0.25) is 19.9 Å². The summed E-state index contributed by atoms with van der Waals surface area (Å²) in [6.45, 7) is 0. The minimum Gasteiger partial charge on any atom is -0.336 e. The van der Waals surface area contributed by atoms with Crippen LogP contribution in [0.2, 0.25) is 0 Å². The first-order chi connectivity index (χ1) is 19.6. The lowest BCUT2D eigenvalue weighted by molar-refractivity contribution is -0.117. The minimum atomic E-state index is -0.274. The van der Waals surface area contributed by atoms with Crippen molar-refractivity contribution in [1.29, 1.82) is 0 Å². The number of nitrogens with one attached hydrogen (secondary N) is 3. The Morgan fingerprint density at radius 3 is 2.75 bits per heavy atom. The van der Waals surface area contributed by atoms with E-state index in [0.717, 1.165) is 46.2 Å². The van der Waals surface area contributed by atoms with Gasteiger partial charge in [0.05, 0.1) is 27.7 Å². The first-order valence-electron chi connectivity index (χ1n) is 13.3. The van der Waals surface area contributed by atoms with Crippen molar-refractivity contribution in [2.75, 3.05) is 5.32 Å². The Labute approximate surface area is 232 Å². The van der Waals surface area contributed by atoms with Crippen LogP contribution in [0.25, 0.3) is 55.3 Å². The molecule has 40 heavy (non-hydrogen) atoms. The Kier molecular flexibility index (Phi) is 6.27. The third kappa shape index (κ3) is 4.73. The molecule has 0 aliphatic heterocycles. The van der Waals surface area contributed by atoms with Crippen LogP contribution in [0.5, 0.6) is 0 Å². The van der Waals surface area contributed by atoms with Crippen LogP contribution in [0.15, 0.2) is 55.1 Å². The number of nitrogens with zero attached hydrogens (tertiary/aromatic N) is 5. The van der Waals surface area contributed by atoms with Crippen molar-refractivity contribution >= 4 is 45.0 Å². The maximum absolute atomic E-state index is 13.7. The summed E-state index contributed by atoms with van der Waals surface area (Å²) in [5.41, 5.74) is 5.56. The second-order valence-corrected chi connectivity index (χ2v) is 11.2. The molecule has 3 N–H and O–H groups in total. The van der Waals surface area contributed by atoms with Crippen molar-refractivity contribution < 1.29 is 9.18 Å². The number of aromatic nitrogens is 7. The molecule has 6 aromatic heterocycles. The van der Waals surface area contributed by atoms with Crippen LogP contribution in [-0.4, -0.2) is 41.0 Å². The average molecular weight is 553 g/mol. The predicted octanol–water partition coefficient (Wildman–Crippen LogP) is 6.73. The van der Waals surface area contributed by atoms with Crippen LogP contribution in [0.3, 0.4) is 0 Å². The van der Waals surface area contributed by atoms with E-state index in [-0.39, 0.29) is 11.0 Å². The van der Waals surface area contributed by atoms with Gasteiger partial charge in [0, 0.05) is 36.1 Å². The number of carbonyl (C=O) groups is 1. The summed E-state index contributed by atoms with van der Waals surface area (Å²) in [4.78, 5) is 34.8. The van der Waals surface area contributed by atoms with Gasteiger partial charge in [-0.05, 0) is 49.1 Å². The van der Waals surface area contributed by atoms with Crippen LogP contribution >= 0.6 is 11.3 Å². The Morgan fingerprint density at radius 2 is 1.90 bits per heavy atom. The molecule has 6 heterocycles. The summed E-state index contributed by atoms with van der Waals surface area (Å²) in [6, 6.07) is 8.85. The predicted molar refractivity (Wildman–Crippen MR) is 153 cm³/mol. The number of aromatic amines is 2. The minimum absolute atomic E-state index is 0.0283. The zero-order chi connectivity index (χ0) is 27.1. The Hall–Kier alpha value is -4.51. The van der Waals surface area contributed by atoms with Gasteiger partial charge in [0.1, 0.15) is 16.9 Å². The number of thiophene rings is 1. The van der Waals surface area contributed by atoms with Crippen LogP contribution in [0.4, 0.5) is 10.1 Å². The molecule has 1 amide bonds. The second kappa shape index (κ2) is 10.2. The van der Waals surface area contributed by atoms with E-state index in [0.29, 0.717) is 51.3 Å². The van der Waals surface area contributed by atoms with E-state index < -0.39 is 0 Å². The highest BCUT2D eigenvalue weighted by Gasteiger charge is 2.19. The fourth-order valence-corrected chi connectivity index (χ4v) is 6.17.